The quantitative estimate of drug-likeness (QED) is 0.736. The molecule has 140 valence electrons. The van der Waals surface area contributed by atoms with Crippen LogP contribution < -0.4 is 10.1 Å². The van der Waals surface area contributed by atoms with Crippen molar-refractivity contribution in [2.45, 2.75) is 39.3 Å². The van der Waals surface area contributed by atoms with E-state index in [-0.39, 0.29) is 11.9 Å². The van der Waals surface area contributed by atoms with Crippen molar-refractivity contribution < 1.29 is 9.13 Å². The highest BCUT2D eigenvalue weighted by atomic mass is 19.1. The van der Waals surface area contributed by atoms with Gasteiger partial charge in [-0.15, -0.1) is 0 Å². The second-order valence-electron chi connectivity index (χ2n) is 6.95. The van der Waals surface area contributed by atoms with Gasteiger partial charge in [0.25, 0.3) is 0 Å². The topological polar surface area (TPSA) is 52.0 Å². The number of nitrogens with one attached hydrogen (secondary N) is 1. The first-order chi connectivity index (χ1) is 13.0. The molecule has 1 atom stereocenters. The number of aromatic nitrogens is 3. The summed E-state index contributed by atoms with van der Waals surface area (Å²) in [6.45, 7) is 4.53. The Morgan fingerprint density at radius 2 is 2.11 bits per heavy atom. The Balaban J connectivity index is 1.53. The van der Waals surface area contributed by atoms with E-state index in [1.165, 1.54) is 7.11 Å². The zero-order valence-electron chi connectivity index (χ0n) is 15.8. The Bertz CT molecular complexity index is 982. The predicted octanol–water partition coefficient (Wildman–Crippen LogP) is 4.19. The zero-order chi connectivity index (χ0) is 19.0. The summed E-state index contributed by atoms with van der Waals surface area (Å²) in [7, 11) is 1.50. The summed E-state index contributed by atoms with van der Waals surface area (Å²) in [6, 6.07) is 12.0. The van der Waals surface area contributed by atoms with Gasteiger partial charge in [-0.1, -0.05) is 18.2 Å². The Hall–Kier alpha value is -2.89. The zero-order valence-corrected chi connectivity index (χ0v) is 15.8. The van der Waals surface area contributed by atoms with Crippen LogP contribution in [0, 0.1) is 19.7 Å². The van der Waals surface area contributed by atoms with Gasteiger partial charge < -0.3 is 10.1 Å². The van der Waals surface area contributed by atoms with Crippen molar-refractivity contribution in [3.63, 3.8) is 0 Å². The van der Waals surface area contributed by atoms with E-state index in [2.05, 4.69) is 27.5 Å². The second kappa shape index (κ2) is 7.02. The van der Waals surface area contributed by atoms with Gasteiger partial charge in [0.1, 0.15) is 11.6 Å². The maximum Gasteiger partial charge on any atom is 0.168 e. The molecule has 1 aromatic heterocycles. The van der Waals surface area contributed by atoms with Gasteiger partial charge in [0.2, 0.25) is 0 Å². The average Bonchev–Trinajstić information content (AvgIpc) is 3.19. The van der Waals surface area contributed by atoms with Gasteiger partial charge in [0.15, 0.2) is 11.6 Å². The molecule has 0 saturated heterocycles. The molecule has 2 aromatic carbocycles. The van der Waals surface area contributed by atoms with Crippen molar-refractivity contribution in [1.29, 1.82) is 0 Å². The minimum atomic E-state index is -0.231. The molecule has 3 aromatic rings. The van der Waals surface area contributed by atoms with Crippen LogP contribution in [0.4, 0.5) is 10.1 Å². The highest BCUT2D eigenvalue weighted by Crippen LogP contribution is 2.38. The van der Waals surface area contributed by atoms with E-state index in [4.69, 9.17) is 4.74 Å². The summed E-state index contributed by atoms with van der Waals surface area (Å²) >= 11 is 0. The van der Waals surface area contributed by atoms with Crippen LogP contribution in [0.25, 0.3) is 0 Å². The fourth-order valence-corrected chi connectivity index (χ4v) is 3.79. The van der Waals surface area contributed by atoms with Crippen LogP contribution in [0.3, 0.4) is 0 Å². The third-order valence-corrected chi connectivity index (χ3v) is 5.09. The smallest absolute Gasteiger partial charge is 0.168 e. The third kappa shape index (κ3) is 3.39. The van der Waals surface area contributed by atoms with E-state index in [1.54, 1.807) is 6.07 Å². The van der Waals surface area contributed by atoms with Gasteiger partial charge in [0, 0.05) is 5.69 Å². The first kappa shape index (κ1) is 17.5. The van der Waals surface area contributed by atoms with Crippen LogP contribution in [-0.4, -0.2) is 21.9 Å². The number of aryl methyl sites for hydroxylation is 2. The Morgan fingerprint density at radius 3 is 2.85 bits per heavy atom. The summed E-state index contributed by atoms with van der Waals surface area (Å²) in [6.07, 6.45) is 1.58. The van der Waals surface area contributed by atoms with Crippen molar-refractivity contribution in [2.75, 3.05) is 12.4 Å². The van der Waals surface area contributed by atoms with Gasteiger partial charge in [0.05, 0.1) is 19.7 Å². The van der Waals surface area contributed by atoms with E-state index < -0.39 is 0 Å². The van der Waals surface area contributed by atoms with Crippen LogP contribution in [0.2, 0.25) is 0 Å². The van der Waals surface area contributed by atoms with Crippen molar-refractivity contribution in [2.24, 2.45) is 0 Å². The van der Waals surface area contributed by atoms with Crippen LogP contribution in [0.5, 0.6) is 5.75 Å². The number of methoxy groups -OCH3 is 1. The number of nitrogens with zero attached hydrogens (tertiary/aromatic N) is 3. The minimum absolute atomic E-state index is 0.103. The lowest BCUT2D eigenvalue weighted by atomic mass is 10.1. The second-order valence-corrected chi connectivity index (χ2v) is 6.95. The Kier molecular flexibility index (Phi) is 4.56. The average molecular weight is 366 g/mol. The molecule has 0 bridgehead atoms. The summed E-state index contributed by atoms with van der Waals surface area (Å²) in [5, 5.41) is 7.98. The fourth-order valence-electron chi connectivity index (χ4n) is 3.79. The third-order valence-electron chi connectivity index (χ3n) is 5.09. The number of ether oxygens (including phenoxy) is 1. The van der Waals surface area contributed by atoms with E-state index in [9.17, 15) is 4.39 Å². The molecule has 1 unspecified atom stereocenters. The number of benzene rings is 2. The number of anilines is 1. The molecule has 0 amide bonds. The van der Waals surface area contributed by atoms with Gasteiger partial charge >= 0.3 is 0 Å². The summed E-state index contributed by atoms with van der Waals surface area (Å²) < 4.78 is 21.5. The van der Waals surface area contributed by atoms with Gasteiger partial charge in [-0.25, -0.2) is 14.1 Å². The van der Waals surface area contributed by atoms with Gasteiger partial charge in [-0.2, -0.15) is 5.10 Å². The molecular formula is C21H23FN4O. The molecule has 6 heteroatoms. The molecule has 1 aliphatic carbocycles. The molecule has 0 radical (unpaired) electrons. The van der Waals surface area contributed by atoms with E-state index in [1.807, 2.05) is 36.7 Å². The molecule has 0 fully saturated rings. The number of hydrogen-bond acceptors (Lipinski definition) is 4. The molecule has 1 N–H and O–H groups in total. The number of rotatable bonds is 5. The van der Waals surface area contributed by atoms with Crippen LogP contribution in [0.15, 0.2) is 36.4 Å². The Morgan fingerprint density at radius 1 is 1.26 bits per heavy atom. The lowest BCUT2D eigenvalue weighted by Gasteiger charge is -2.17. The first-order valence-corrected chi connectivity index (χ1v) is 9.14. The molecule has 27 heavy (non-hydrogen) atoms. The van der Waals surface area contributed by atoms with E-state index in [0.29, 0.717) is 18.7 Å². The van der Waals surface area contributed by atoms with Crippen LogP contribution in [-0.2, 0) is 13.0 Å². The summed E-state index contributed by atoms with van der Waals surface area (Å²) in [5.74, 6) is 1.77. The minimum Gasteiger partial charge on any atom is -0.494 e. The monoisotopic (exact) mass is 366 g/mol. The van der Waals surface area contributed by atoms with Crippen LogP contribution >= 0.6 is 0 Å². The molecule has 0 spiro atoms. The summed E-state index contributed by atoms with van der Waals surface area (Å²) in [4.78, 5) is 4.35. The van der Waals surface area contributed by atoms with Crippen molar-refractivity contribution in [3.8, 4) is 5.75 Å². The maximum atomic E-state index is 14.5. The van der Waals surface area contributed by atoms with Crippen molar-refractivity contribution >= 4 is 5.69 Å². The van der Waals surface area contributed by atoms with Crippen molar-refractivity contribution in [1.82, 2.24) is 14.8 Å². The van der Waals surface area contributed by atoms with Crippen molar-refractivity contribution in [3.05, 3.63) is 70.6 Å². The van der Waals surface area contributed by atoms with Gasteiger partial charge in [-0.05, 0) is 61.6 Å². The SMILES string of the molecule is COc1ccc2c(c1F)CCC2Nc1cccc(Cn2nc(C)nc2C)c1. The molecule has 0 aliphatic heterocycles. The lowest BCUT2D eigenvalue weighted by molar-refractivity contribution is 0.384. The Labute approximate surface area is 158 Å². The van der Waals surface area contributed by atoms with Crippen LogP contribution in [0.1, 0.15) is 40.8 Å². The molecule has 4 rings (SSSR count). The first-order valence-electron chi connectivity index (χ1n) is 9.14. The van der Waals surface area contributed by atoms with E-state index >= 15 is 0 Å². The molecule has 1 aliphatic rings. The molecular weight excluding hydrogens is 343 g/mol. The number of fused-ring (bicyclic) bond motifs is 1. The standard InChI is InChI=1S/C21H23FN4O/c1-13-23-14(2)26(25-13)12-15-5-4-6-16(11-15)24-19-9-7-18-17(19)8-10-20(27-3)21(18)22/h4-6,8,10-11,19,24H,7,9,12H2,1-3H3. The lowest BCUT2D eigenvalue weighted by Crippen LogP contribution is -2.09. The fraction of sp³-hybridized carbons (Fsp3) is 0.333. The molecule has 0 saturated carbocycles. The number of halogens is 1. The largest absolute Gasteiger partial charge is 0.494 e. The molecule has 5 nitrogen and oxygen atoms in total. The predicted molar refractivity (Wildman–Crippen MR) is 103 cm³/mol. The summed E-state index contributed by atoms with van der Waals surface area (Å²) in [5.41, 5.74) is 3.95. The normalized spacial score (nSPS) is 15.6. The molecule has 1 heterocycles. The number of hydrogen-bond donors (Lipinski definition) is 1. The highest BCUT2D eigenvalue weighted by molar-refractivity contribution is 5.51. The van der Waals surface area contributed by atoms with Gasteiger partial charge in [-0.3, -0.25) is 0 Å². The maximum absolute atomic E-state index is 14.5. The van der Waals surface area contributed by atoms with E-state index in [0.717, 1.165) is 40.4 Å². The highest BCUT2D eigenvalue weighted by Gasteiger charge is 2.26.